The van der Waals surface area contributed by atoms with Gasteiger partial charge in [-0.05, 0) is 43.5 Å². The summed E-state index contributed by atoms with van der Waals surface area (Å²) in [6.07, 6.45) is 1.18. The summed E-state index contributed by atoms with van der Waals surface area (Å²) in [4.78, 5) is 1.38. The summed E-state index contributed by atoms with van der Waals surface area (Å²) in [5.41, 5.74) is 1.38. The zero-order chi connectivity index (χ0) is 13.5. The Morgan fingerprint density at radius 2 is 1.67 bits per heavy atom. The van der Waals surface area contributed by atoms with Crippen molar-refractivity contribution in [1.29, 1.82) is 0 Å². The van der Waals surface area contributed by atoms with Crippen LogP contribution < -0.4 is 5.32 Å². The molecule has 0 aromatic heterocycles. The predicted molar refractivity (Wildman–Crippen MR) is 83.3 cm³/mol. The molecular formula is C16H27NS. The Bertz CT molecular complexity index is 331. The summed E-state index contributed by atoms with van der Waals surface area (Å²) < 4.78 is 0. The van der Waals surface area contributed by atoms with E-state index in [1.807, 2.05) is 11.8 Å². The highest BCUT2D eigenvalue weighted by atomic mass is 32.2. The maximum atomic E-state index is 3.52. The maximum absolute atomic E-state index is 3.52. The topological polar surface area (TPSA) is 12.0 Å². The highest BCUT2D eigenvalue weighted by Crippen LogP contribution is 2.28. The zero-order valence-electron chi connectivity index (χ0n) is 12.4. The molecule has 0 saturated carbocycles. The molecule has 1 N–H and O–H groups in total. The van der Waals surface area contributed by atoms with Crippen molar-refractivity contribution in [3.63, 3.8) is 0 Å². The second-order valence-corrected chi connectivity index (χ2v) is 6.76. The molecule has 0 saturated heterocycles. The van der Waals surface area contributed by atoms with Gasteiger partial charge in [-0.2, -0.15) is 0 Å². The number of hydrogen-bond acceptors (Lipinski definition) is 2. The molecule has 18 heavy (non-hydrogen) atoms. The Kier molecular flexibility index (Phi) is 6.80. The average Bonchev–Trinajstić information content (AvgIpc) is 2.36. The monoisotopic (exact) mass is 265 g/mol. The SMILES string of the molecule is CCCNC(C)c1ccc(SC(C)C(C)C)cc1. The third kappa shape index (κ3) is 5.03. The van der Waals surface area contributed by atoms with Crippen LogP contribution in [0, 0.1) is 5.92 Å². The van der Waals surface area contributed by atoms with Crippen LogP contribution in [0.4, 0.5) is 0 Å². The number of thioether (sulfide) groups is 1. The van der Waals surface area contributed by atoms with Crippen LogP contribution in [0.2, 0.25) is 0 Å². The molecule has 1 aromatic rings. The van der Waals surface area contributed by atoms with E-state index in [0.29, 0.717) is 11.3 Å². The second-order valence-electron chi connectivity index (χ2n) is 5.31. The molecule has 102 valence electrons. The lowest BCUT2D eigenvalue weighted by atomic mass is 10.1. The van der Waals surface area contributed by atoms with Crippen LogP contribution in [-0.2, 0) is 0 Å². The first kappa shape index (κ1) is 15.6. The van der Waals surface area contributed by atoms with Gasteiger partial charge >= 0.3 is 0 Å². The van der Waals surface area contributed by atoms with Gasteiger partial charge in [0.2, 0.25) is 0 Å². The Morgan fingerprint density at radius 3 is 2.17 bits per heavy atom. The lowest BCUT2D eigenvalue weighted by Crippen LogP contribution is -2.19. The molecule has 2 unspecified atom stereocenters. The van der Waals surface area contributed by atoms with E-state index in [2.05, 4.69) is 64.2 Å². The average molecular weight is 265 g/mol. The third-order valence-corrected chi connectivity index (χ3v) is 4.80. The van der Waals surface area contributed by atoms with E-state index in [-0.39, 0.29) is 0 Å². The van der Waals surface area contributed by atoms with Crippen molar-refractivity contribution in [2.45, 2.75) is 57.2 Å². The van der Waals surface area contributed by atoms with Crippen molar-refractivity contribution in [2.24, 2.45) is 5.92 Å². The molecule has 2 atom stereocenters. The standard InChI is InChI=1S/C16H27NS/c1-6-11-17-13(4)15-7-9-16(10-8-15)18-14(5)12(2)3/h7-10,12-14,17H,6,11H2,1-5H3. The van der Waals surface area contributed by atoms with Gasteiger partial charge in [-0.1, -0.05) is 39.8 Å². The minimum Gasteiger partial charge on any atom is -0.310 e. The van der Waals surface area contributed by atoms with Crippen LogP contribution in [0.5, 0.6) is 0 Å². The van der Waals surface area contributed by atoms with Gasteiger partial charge in [-0.3, -0.25) is 0 Å². The molecule has 0 aliphatic heterocycles. The first-order chi connectivity index (χ1) is 8.54. The normalized spacial score (nSPS) is 14.8. The van der Waals surface area contributed by atoms with Gasteiger partial charge in [0.15, 0.2) is 0 Å². The van der Waals surface area contributed by atoms with Gasteiger partial charge in [-0.15, -0.1) is 11.8 Å². The number of benzene rings is 1. The Balaban J connectivity index is 2.56. The number of hydrogen-bond donors (Lipinski definition) is 1. The maximum Gasteiger partial charge on any atom is 0.0291 e. The van der Waals surface area contributed by atoms with E-state index in [1.54, 1.807) is 0 Å². The van der Waals surface area contributed by atoms with Gasteiger partial charge in [-0.25, -0.2) is 0 Å². The number of rotatable bonds is 7. The van der Waals surface area contributed by atoms with E-state index in [1.165, 1.54) is 16.9 Å². The molecular weight excluding hydrogens is 238 g/mol. The summed E-state index contributed by atoms with van der Waals surface area (Å²) in [5, 5.41) is 4.19. The van der Waals surface area contributed by atoms with Crippen molar-refractivity contribution in [3.05, 3.63) is 29.8 Å². The lowest BCUT2D eigenvalue weighted by Gasteiger charge is -2.17. The minimum atomic E-state index is 0.450. The molecule has 2 heteroatoms. The fraction of sp³-hybridized carbons (Fsp3) is 0.625. The molecule has 0 fully saturated rings. The van der Waals surface area contributed by atoms with Crippen LogP contribution in [0.25, 0.3) is 0 Å². The Morgan fingerprint density at radius 1 is 1.06 bits per heavy atom. The van der Waals surface area contributed by atoms with E-state index in [9.17, 15) is 0 Å². The molecule has 0 bridgehead atoms. The largest absolute Gasteiger partial charge is 0.310 e. The van der Waals surface area contributed by atoms with Gasteiger partial charge in [0.25, 0.3) is 0 Å². The Labute approximate surface area is 117 Å². The minimum absolute atomic E-state index is 0.450. The van der Waals surface area contributed by atoms with E-state index in [0.717, 1.165) is 12.5 Å². The first-order valence-electron chi connectivity index (χ1n) is 7.04. The van der Waals surface area contributed by atoms with Crippen LogP contribution in [0.15, 0.2) is 29.2 Å². The highest BCUT2D eigenvalue weighted by Gasteiger charge is 2.09. The molecule has 0 heterocycles. The molecule has 1 aromatic carbocycles. The van der Waals surface area contributed by atoms with E-state index < -0.39 is 0 Å². The molecule has 1 rings (SSSR count). The fourth-order valence-electron chi connectivity index (χ4n) is 1.66. The number of nitrogens with one attached hydrogen (secondary N) is 1. The molecule has 0 aliphatic carbocycles. The lowest BCUT2D eigenvalue weighted by molar-refractivity contribution is 0.570. The summed E-state index contributed by atoms with van der Waals surface area (Å²) in [6.45, 7) is 12.4. The van der Waals surface area contributed by atoms with Crippen LogP contribution in [-0.4, -0.2) is 11.8 Å². The summed E-state index contributed by atoms with van der Waals surface area (Å²) in [7, 11) is 0. The molecule has 0 spiro atoms. The van der Waals surface area contributed by atoms with Crippen molar-refractivity contribution in [3.8, 4) is 0 Å². The molecule has 0 aliphatic rings. The van der Waals surface area contributed by atoms with Crippen molar-refractivity contribution in [1.82, 2.24) is 5.32 Å². The van der Waals surface area contributed by atoms with Crippen molar-refractivity contribution < 1.29 is 0 Å². The quantitative estimate of drug-likeness (QED) is 0.705. The Hall–Kier alpha value is -0.470. The molecule has 1 nitrogen and oxygen atoms in total. The van der Waals surface area contributed by atoms with Crippen molar-refractivity contribution >= 4 is 11.8 Å². The van der Waals surface area contributed by atoms with Crippen molar-refractivity contribution in [2.75, 3.05) is 6.54 Å². The van der Waals surface area contributed by atoms with Crippen LogP contribution in [0.1, 0.15) is 52.6 Å². The second kappa shape index (κ2) is 7.85. The summed E-state index contributed by atoms with van der Waals surface area (Å²) in [5.74, 6) is 0.722. The van der Waals surface area contributed by atoms with E-state index >= 15 is 0 Å². The zero-order valence-corrected chi connectivity index (χ0v) is 13.2. The van der Waals surface area contributed by atoms with Gasteiger partial charge < -0.3 is 5.32 Å². The van der Waals surface area contributed by atoms with Gasteiger partial charge in [0.1, 0.15) is 0 Å². The smallest absolute Gasteiger partial charge is 0.0291 e. The summed E-state index contributed by atoms with van der Waals surface area (Å²) in [6, 6.07) is 9.46. The molecule has 0 radical (unpaired) electrons. The van der Waals surface area contributed by atoms with Gasteiger partial charge in [0, 0.05) is 16.2 Å². The fourth-order valence-corrected chi connectivity index (χ4v) is 2.66. The van der Waals surface area contributed by atoms with Crippen LogP contribution in [0.3, 0.4) is 0 Å². The third-order valence-electron chi connectivity index (χ3n) is 3.34. The van der Waals surface area contributed by atoms with E-state index in [4.69, 9.17) is 0 Å². The van der Waals surface area contributed by atoms with Crippen LogP contribution >= 0.6 is 11.8 Å². The van der Waals surface area contributed by atoms with Gasteiger partial charge in [0.05, 0.1) is 0 Å². The predicted octanol–water partition coefficient (Wildman–Crippen LogP) is 4.88. The molecule has 0 amide bonds. The highest BCUT2D eigenvalue weighted by molar-refractivity contribution is 8.00. The first-order valence-corrected chi connectivity index (χ1v) is 7.92. The summed E-state index contributed by atoms with van der Waals surface area (Å²) >= 11 is 1.97.